The minimum absolute atomic E-state index is 0.00648. The maximum absolute atomic E-state index is 12.2. The van der Waals surface area contributed by atoms with Crippen LogP contribution in [0.2, 0.25) is 0 Å². The summed E-state index contributed by atoms with van der Waals surface area (Å²) in [6, 6.07) is 6.13. The minimum atomic E-state index is -3.75. The summed E-state index contributed by atoms with van der Waals surface area (Å²) in [4.78, 5) is 3.74. The Balaban J connectivity index is 2.31. The monoisotopic (exact) mass is 291 g/mol. The first kappa shape index (κ1) is 14.0. The van der Waals surface area contributed by atoms with Gasteiger partial charge in [-0.2, -0.15) is 10.4 Å². The van der Waals surface area contributed by atoms with E-state index in [2.05, 4.69) is 14.8 Å². The normalized spacial score (nSPS) is 11.3. The first-order chi connectivity index (χ1) is 9.44. The Kier molecular flexibility index (Phi) is 3.72. The summed E-state index contributed by atoms with van der Waals surface area (Å²) in [7, 11) is -3.75. The highest BCUT2D eigenvalue weighted by atomic mass is 32.2. The number of nitrogens with zero attached hydrogens (tertiary/aromatic N) is 4. The van der Waals surface area contributed by atoms with Crippen LogP contribution in [0.3, 0.4) is 0 Å². The molecule has 104 valence electrons. The number of pyridine rings is 1. The molecule has 2 aromatic rings. The second-order valence-electron chi connectivity index (χ2n) is 4.35. The van der Waals surface area contributed by atoms with Gasteiger partial charge in [0.05, 0.1) is 6.20 Å². The van der Waals surface area contributed by atoms with Crippen molar-refractivity contribution in [3.05, 3.63) is 36.3 Å². The maximum atomic E-state index is 12.2. The molecule has 0 atom stereocenters. The molecule has 0 aliphatic carbocycles. The number of rotatable bonds is 4. The van der Waals surface area contributed by atoms with Crippen molar-refractivity contribution in [2.24, 2.45) is 0 Å². The van der Waals surface area contributed by atoms with E-state index >= 15 is 0 Å². The molecule has 0 saturated carbocycles. The van der Waals surface area contributed by atoms with Crippen molar-refractivity contribution >= 4 is 15.8 Å². The van der Waals surface area contributed by atoms with Crippen LogP contribution in [0, 0.1) is 11.3 Å². The van der Waals surface area contributed by atoms with Gasteiger partial charge in [-0.25, -0.2) is 18.1 Å². The highest BCUT2D eigenvalue weighted by molar-refractivity contribution is 7.92. The van der Waals surface area contributed by atoms with E-state index in [1.807, 2.05) is 19.9 Å². The lowest BCUT2D eigenvalue weighted by Gasteiger charge is -2.12. The topological polar surface area (TPSA) is 101 Å². The zero-order valence-corrected chi connectivity index (χ0v) is 11.8. The molecule has 7 nitrogen and oxygen atoms in total. The van der Waals surface area contributed by atoms with Gasteiger partial charge in [-0.15, -0.1) is 0 Å². The molecule has 20 heavy (non-hydrogen) atoms. The third-order valence-electron chi connectivity index (χ3n) is 2.56. The van der Waals surface area contributed by atoms with Gasteiger partial charge in [-0.05, 0) is 26.0 Å². The van der Waals surface area contributed by atoms with E-state index in [0.717, 1.165) is 6.20 Å². The molecule has 0 bridgehead atoms. The zero-order chi connectivity index (χ0) is 14.8. The average Bonchev–Trinajstić information content (AvgIpc) is 2.86. The fraction of sp³-hybridized carbons (Fsp3) is 0.250. The Hall–Kier alpha value is -2.40. The number of sulfonamides is 1. The van der Waals surface area contributed by atoms with Crippen LogP contribution >= 0.6 is 0 Å². The predicted octanol–water partition coefficient (Wildman–Crippen LogP) is 1.53. The van der Waals surface area contributed by atoms with Gasteiger partial charge in [0.25, 0.3) is 10.0 Å². The van der Waals surface area contributed by atoms with Crippen LogP contribution in [0.5, 0.6) is 0 Å². The summed E-state index contributed by atoms with van der Waals surface area (Å²) >= 11 is 0. The molecular weight excluding hydrogens is 278 g/mol. The van der Waals surface area contributed by atoms with Crippen molar-refractivity contribution in [1.29, 1.82) is 5.26 Å². The van der Waals surface area contributed by atoms with Crippen LogP contribution in [0.25, 0.3) is 0 Å². The Morgan fingerprint density at radius 2 is 2.10 bits per heavy atom. The van der Waals surface area contributed by atoms with Gasteiger partial charge >= 0.3 is 0 Å². The minimum Gasteiger partial charge on any atom is -0.264 e. The molecule has 2 aromatic heterocycles. The lowest BCUT2D eigenvalue weighted by Crippen LogP contribution is -2.17. The van der Waals surface area contributed by atoms with Gasteiger partial charge in [0.1, 0.15) is 22.5 Å². The van der Waals surface area contributed by atoms with E-state index < -0.39 is 10.0 Å². The number of aromatic nitrogens is 3. The van der Waals surface area contributed by atoms with E-state index in [-0.39, 0.29) is 16.6 Å². The molecule has 0 saturated heterocycles. The molecule has 2 rings (SSSR count). The number of anilines is 1. The van der Waals surface area contributed by atoms with Crippen LogP contribution in [-0.2, 0) is 10.0 Å². The van der Waals surface area contributed by atoms with Gasteiger partial charge < -0.3 is 0 Å². The molecule has 0 spiro atoms. The summed E-state index contributed by atoms with van der Waals surface area (Å²) in [5, 5.41) is 12.7. The number of nitriles is 1. The van der Waals surface area contributed by atoms with Gasteiger partial charge in [-0.1, -0.05) is 0 Å². The Morgan fingerprint density at radius 3 is 2.65 bits per heavy atom. The van der Waals surface area contributed by atoms with Gasteiger partial charge in [0, 0.05) is 18.3 Å². The van der Waals surface area contributed by atoms with Crippen LogP contribution < -0.4 is 4.72 Å². The lowest BCUT2D eigenvalue weighted by molar-refractivity contribution is 0.539. The second-order valence-corrected chi connectivity index (χ2v) is 6.03. The van der Waals surface area contributed by atoms with Gasteiger partial charge in [0.15, 0.2) is 0 Å². The largest absolute Gasteiger partial charge is 0.264 e. The van der Waals surface area contributed by atoms with Crippen LogP contribution in [0.4, 0.5) is 5.82 Å². The van der Waals surface area contributed by atoms with E-state index in [9.17, 15) is 8.42 Å². The maximum Gasteiger partial charge on any atom is 0.264 e. The van der Waals surface area contributed by atoms with E-state index in [4.69, 9.17) is 5.26 Å². The molecule has 0 aliphatic heterocycles. The van der Waals surface area contributed by atoms with E-state index in [0.29, 0.717) is 5.82 Å². The van der Waals surface area contributed by atoms with Crippen molar-refractivity contribution < 1.29 is 8.42 Å². The van der Waals surface area contributed by atoms with Gasteiger partial charge in [0.2, 0.25) is 0 Å². The molecule has 0 amide bonds. The molecule has 0 aliphatic rings. The fourth-order valence-corrected chi connectivity index (χ4v) is 2.60. The average molecular weight is 291 g/mol. The predicted molar refractivity (Wildman–Crippen MR) is 72.4 cm³/mol. The molecule has 0 unspecified atom stereocenters. The first-order valence-corrected chi connectivity index (χ1v) is 7.35. The number of hydrogen-bond donors (Lipinski definition) is 1. The zero-order valence-electron chi connectivity index (χ0n) is 11.0. The highest BCUT2D eigenvalue weighted by Crippen LogP contribution is 2.18. The summed E-state index contributed by atoms with van der Waals surface area (Å²) in [5.74, 6) is 0.379. The smallest absolute Gasteiger partial charge is 0.264 e. The molecule has 0 fully saturated rings. The molecule has 8 heteroatoms. The van der Waals surface area contributed by atoms with Crippen molar-refractivity contribution in [3.63, 3.8) is 0 Å². The summed E-state index contributed by atoms with van der Waals surface area (Å²) in [6.45, 7) is 3.79. The summed E-state index contributed by atoms with van der Waals surface area (Å²) < 4.78 is 28.4. The third-order valence-corrected chi connectivity index (χ3v) is 3.90. The van der Waals surface area contributed by atoms with E-state index in [1.54, 1.807) is 10.7 Å². The van der Waals surface area contributed by atoms with Gasteiger partial charge in [-0.3, -0.25) is 4.72 Å². The van der Waals surface area contributed by atoms with Crippen LogP contribution in [0.15, 0.2) is 35.5 Å². The van der Waals surface area contributed by atoms with Crippen molar-refractivity contribution in [3.8, 4) is 6.07 Å². The SMILES string of the molecule is CC(C)n1nccc1NS(=O)(=O)c1ccc(C#N)nc1. The van der Waals surface area contributed by atoms with Crippen molar-refractivity contribution in [2.45, 2.75) is 24.8 Å². The van der Waals surface area contributed by atoms with Crippen molar-refractivity contribution in [1.82, 2.24) is 14.8 Å². The third kappa shape index (κ3) is 2.78. The van der Waals surface area contributed by atoms with Crippen LogP contribution in [0.1, 0.15) is 25.6 Å². The summed E-state index contributed by atoms with van der Waals surface area (Å²) in [6.07, 6.45) is 2.67. The summed E-state index contributed by atoms with van der Waals surface area (Å²) in [5.41, 5.74) is 0.163. The fourth-order valence-electron chi connectivity index (χ4n) is 1.61. The molecule has 2 heterocycles. The molecule has 0 radical (unpaired) electrons. The molecule has 1 N–H and O–H groups in total. The number of hydrogen-bond acceptors (Lipinski definition) is 5. The van der Waals surface area contributed by atoms with Crippen molar-refractivity contribution in [2.75, 3.05) is 4.72 Å². The Bertz CT molecular complexity index is 741. The Labute approximate surface area is 116 Å². The lowest BCUT2D eigenvalue weighted by atomic mass is 10.4. The molecule has 0 aromatic carbocycles. The second kappa shape index (κ2) is 5.30. The van der Waals surface area contributed by atoms with Crippen LogP contribution in [-0.4, -0.2) is 23.2 Å². The highest BCUT2D eigenvalue weighted by Gasteiger charge is 2.17. The van der Waals surface area contributed by atoms with E-state index in [1.165, 1.54) is 18.3 Å². The molecular formula is C12H13N5O2S. The Morgan fingerprint density at radius 1 is 1.35 bits per heavy atom. The first-order valence-electron chi connectivity index (χ1n) is 5.86. The number of nitrogens with one attached hydrogen (secondary N) is 1. The standard InChI is InChI=1S/C12H13N5O2S/c1-9(2)17-12(5-6-15-17)16-20(18,19)11-4-3-10(7-13)14-8-11/h3-6,8-9,16H,1-2H3. The quantitative estimate of drug-likeness (QED) is 0.920.